The van der Waals surface area contributed by atoms with Crippen LogP contribution in [0.1, 0.15) is 81.3 Å². The van der Waals surface area contributed by atoms with Gasteiger partial charge in [0.15, 0.2) is 0 Å². The number of sulfonamides is 1. The zero-order chi connectivity index (χ0) is 33.2. The largest absolute Gasteiger partial charge is 0.444 e. The first-order valence-electron chi connectivity index (χ1n) is 15.9. The first kappa shape index (κ1) is 33.5. The van der Waals surface area contributed by atoms with E-state index in [1.54, 1.807) is 17.0 Å². The number of fused-ring (bicyclic) bond motifs is 1. The van der Waals surface area contributed by atoms with Crippen molar-refractivity contribution < 1.29 is 27.5 Å². The molecule has 2 aromatic rings. The molecule has 1 aliphatic carbocycles. The van der Waals surface area contributed by atoms with Crippen LogP contribution in [0, 0.1) is 6.92 Å². The molecule has 1 fully saturated rings. The molecule has 3 amide bonds. The third-order valence-corrected chi connectivity index (χ3v) is 10.6. The van der Waals surface area contributed by atoms with Gasteiger partial charge in [0.1, 0.15) is 11.6 Å². The summed E-state index contributed by atoms with van der Waals surface area (Å²) in [7, 11) is -4.05. The Bertz CT molecular complexity index is 1590. The molecule has 248 valence electrons. The minimum absolute atomic E-state index is 0.0546. The van der Waals surface area contributed by atoms with Gasteiger partial charge in [0.2, 0.25) is 11.8 Å². The molecule has 12 heteroatoms. The number of carbonyl (C=O) groups is 3. The van der Waals surface area contributed by atoms with Gasteiger partial charge >= 0.3 is 6.09 Å². The van der Waals surface area contributed by atoms with E-state index in [2.05, 4.69) is 40.7 Å². The molecule has 3 aliphatic rings. The van der Waals surface area contributed by atoms with Crippen LogP contribution in [0.25, 0.3) is 0 Å². The maximum absolute atomic E-state index is 13.4. The van der Waals surface area contributed by atoms with Gasteiger partial charge in [-0.3, -0.25) is 18.8 Å². The first-order valence-corrected chi connectivity index (χ1v) is 17.4. The van der Waals surface area contributed by atoms with E-state index in [-0.39, 0.29) is 29.5 Å². The Morgan fingerprint density at radius 2 is 1.76 bits per heavy atom. The fourth-order valence-electron chi connectivity index (χ4n) is 6.27. The van der Waals surface area contributed by atoms with Gasteiger partial charge in [-0.15, -0.1) is 0 Å². The number of nitrogens with zero attached hydrogens (tertiary/aromatic N) is 3. The average Bonchev–Trinajstić information content (AvgIpc) is 3.01. The van der Waals surface area contributed by atoms with Crippen molar-refractivity contribution >= 4 is 27.9 Å². The number of rotatable bonds is 7. The van der Waals surface area contributed by atoms with E-state index < -0.39 is 33.5 Å². The van der Waals surface area contributed by atoms with Crippen LogP contribution >= 0.6 is 0 Å². The van der Waals surface area contributed by atoms with Crippen LogP contribution in [0.2, 0.25) is 0 Å². The molecule has 1 saturated heterocycles. The summed E-state index contributed by atoms with van der Waals surface area (Å²) in [6.45, 7) is 12.4. The van der Waals surface area contributed by atoms with Gasteiger partial charge in [-0.1, -0.05) is 35.9 Å². The van der Waals surface area contributed by atoms with Gasteiger partial charge in [-0.25, -0.2) is 13.2 Å². The van der Waals surface area contributed by atoms with Crippen LogP contribution in [-0.4, -0.2) is 78.3 Å². The number of hydrogen-bond donors (Lipinski definition) is 2. The second kappa shape index (κ2) is 13.4. The van der Waals surface area contributed by atoms with Gasteiger partial charge in [0.05, 0.1) is 17.4 Å². The highest BCUT2D eigenvalue weighted by molar-refractivity contribution is 7.89. The van der Waals surface area contributed by atoms with Crippen LogP contribution < -0.4 is 10.6 Å². The molecule has 3 atom stereocenters. The van der Waals surface area contributed by atoms with Crippen molar-refractivity contribution in [2.75, 3.05) is 26.2 Å². The molecule has 1 unspecified atom stereocenters. The maximum atomic E-state index is 13.4. The number of benzene rings is 2. The molecule has 46 heavy (non-hydrogen) atoms. The number of carbonyl (C=O) groups excluding carboxylic acids is 3. The Kier molecular flexibility index (Phi) is 9.78. The molecule has 0 spiro atoms. The number of piperazine rings is 1. The van der Waals surface area contributed by atoms with Gasteiger partial charge in [-0.2, -0.15) is 0 Å². The quantitative estimate of drug-likeness (QED) is 0.460. The summed E-state index contributed by atoms with van der Waals surface area (Å²) < 4.78 is 33.4. The van der Waals surface area contributed by atoms with E-state index in [1.165, 1.54) is 35.7 Å². The highest BCUT2D eigenvalue weighted by atomic mass is 32.2. The molecule has 0 saturated carbocycles. The summed E-state index contributed by atoms with van der Waals surface area (Å²) in [6.07, 6.45) is 4.53. The summed E-state index contributed by atoms with van der Waals surface area (Å²) in [4.78, 5) is 42.8. The molecule has 2 aliphatic heterocycles. The third-order valence-electron chi connectivity index (χ3n) is 8.84. The van der Waals surface area contributed by atoms with Crippen LogP contribution in [0.4, 0.5) is 4.79 Å². The summed E-state index contributed by atoms with van der Waals surface area (Å²) in [5.74, 6) is -0.944. The lowest BCUT2D eigenvalue weighted by atomic mass is 9.85. The summed E-state index contributed by atoms with van der Waals surface area (Å²) in [6, 6.07) is 11.5. The van der Waals surface area contributed by atoms with Crippen LogP contribution in [0.15, 0.2) is 59.8 Å². The van der Waals surface area contributed by atoms with Crippen LogP contribution in [0.5, 0.6) is 0 Å². The molecule has 2 heterocycles. The van der Waals surface area contributed by atoms with Crippen LogP contribution in [-0.2, 0) is 30.8 Å². The predicted octanol–water partition coefficient (Wildman–Crippen LogP) is 4.15. The van der Waals surface area contributed by atoms with Crippen molar-refractivity contribution in [3.8, 4) is 0 Å². The number of hydrogen-bond acceptors (Lipinski definition) is 7. The third kappa shape index (κ3) is 7.55. The van der Waals surface area contributed by atoms with Crippen molar-refractivity contribution in [1.82, 2.24) is 24.7 Å². The van der Waals surface area contributed by atoms with Crippen molar-refractivity contribution in [1.29, 1.82) is 0 Å². The second-order valence-electron chi connectivity index (χ2n) is 13.3. The van der Waals surface area contributed by atoms with Crippen molar-refractivity contribution in [3.05, 3.63) is 77.1 Å². The zero-order valence-corrected chi connectivity index (χ0v) is 28.1. The smallest absolute Gasteiger partial charge is 0.410 e. The minimum Gasteiger partial charge on any atom is -0.444 e. The minimum atomic E-state index is -4.05. The average molecular weight is 652 g/mol. The van der Waals surface area contributed by atoms with Crippen molar-refractivity contribution in [2.45, 2.75) is 88.9 Å². The second-order valence-corrected chi connectivity index (χ2v) is 15.2. The van der Waals surface area contributed by atoms with E-state index in [1.807, 2.05) is 27.7 Å². The summed E-state index contributed by atoms with van der Waals surface area (Å²) >= 11 is 0. The zero-order valence-electron chi connectivity index (χ0n) is 27.3. The van der Waals surface area contributed by atoms with Crippen molar-refractivity contribution in [3.63, 3.8) is 0 Å². The Hall–Kier alpha value is -3.90. The van der Waals surface area contributed by atoms with Gasteiger partial charge in [0, 0.05) is 44.6 Å². The van der Waals surface area contributed by atoms with E-state index in [0.717, 1.165) is 47.8 Å². The molecular formula is C34H45N5O6S. The Labute approximate surface area is 272 Å². The van der Waals surface area contributed by atoms with Gasteiger partial charge in [-0.05, 0) is 82.7 Å². The van der Waals surface area contributed by atoms with Crippen molar-refractivity contribution in [2.24, 2.45) is 0 Å². The molecule has 11 nitrogen and oxygen atoms in total. The highest BCUT2D eigenvalue weighted by Crippen LogP contribution is 2.33. The standard InChI is InChI=1S/C34H45N5O6S/c1-23-9-12-27(13-10-23)46(43,44)39-16-15-35-32(41)30(39)22-31(40)36-29-8-6-7-26-21-25(11-14-28(26)29)24(2)37-17-19-38(20-18-37)33(42)45-34(3,4)5/h9-16,21,24,29-30H,6-8,17-20,22H2,1-5H3,(H,35,41)(H,36,40)/t24?,29-,30-/m1/s1. The van der Waals surface area contributed by atoms with E-state index in [0.29, 0.717) is 13.1 Å². The monoisotopic (exact) mass is 651 g/mol. The van der Waals surface area contributed by atoms with Crippen LogP contribution in [0.3, 0.4) is 0 Å². The summed E-state index contributed by atoms with van der Waals surface area (Å²) in [5.41, 5.74) is 3.79. The lowest BCUT2D eigenvalue weighted by Crippen LogP contribution is -2.51. The van der Waals surface area contributed by atoms with Gasteiger partial charge < -0.3 is 20.3 Å². The first-order chi connectivity index (χ1) is 21.7. The normalized spacial score (nSPS) is 21.3. The Morgan fingerprint density at radius 3 is 2.43 bits per heavy atom. The maximum Gasteiger partial charge on any atom is 0.410 e. The lowest BCUT2D eigenvalue weighted by Gasteiger charge is -2.39. The SMILES string of the molecule is Cc1ccc(S(=O)(=O)N2C=CNC(=O)[C@H]2CC(=O)N[C@@H]2CCCc3cc(C(C)N4CCN(C(=O)OC(C)(C)C)CC4)ccc32)cc1. The topological polar surface area (TPSA) is 128 Å². The molecule has 0 radical (unpaired) electrons. The predicted molar refractivity (Wildman–Crippen MR) is 174 cm³/mol. The molecule has 0 aromatic heterocycles. The fraction of sp³-hybridized carbons (Fsp3) is 0.500. The van der Waals surface area contributed by atoms with E-state index in [4.69, 9.17) is 4.74 Å². The molecule has 5 rings (SSSR count). The molecule has 2 N–H and O–H groups in total. The van der Waals surface area contributed by atoms with E-state index >= 15 is 0 Å². The number of nitrogens with one attached hydrogen (secondary N) is 2. The number of amides is 3. The highest BCUT2D eigenvalue weighted by Gasteiger charge is 2.37. The molecule has 2 aromatic carbocycles. The summed E-state index contributed by atoms with van der Waals surface area (Å²) in [5, 5.41) is 5.63. The number of ether oxygens (including phenoxy) is 1. The Balaban J connectivity index is 1.23. The molecular weight excluding hydrogens is 606 g/mol. The van der Waals surface area contributed by atoms with E-state index in [9.17, 15) is 22.8 Å². The molecule has 0 bridgehead atoms. The van der Waals surface area contributed by atoms with Gasteiger partial charge in [0.25, 0.3) is 10.0 Å². The fourth-order valence-corrected chi connectivity index (χ4v) is 7.72. The Morgan fingerprint density at radius 1 is 1.07 bits per heavy atom. The number of aryl methyl sites for hydroxylation is 2. The lowest BCUT2D eigenvalue weighted by molar-refractivity contribution is -0.129.